The van der Waals surface area contributed by atoms with E-state index in [0.717, 1.165) is 0 Å². The van der Waals surface area contributed by atoms with Crippen LogP contribution < -0.4 is 5.32 Å². The van der Waals surface area contributed by atoms with Crippen LogP contribution in [0.5, 0.6) is 0 Å². The average Bonchev–Trinajstić information content (AvgIpc) is 2.50. The van der Waals surface area contributed by atoms with E-state index in [1.54, 1.807) is 7.05 Å². The zero-order valence-electron chi connectivity index (χ0n) is 8.34. The summed E-state index contributed by atoms with van der Waals surface area (Å²) in [5, 5.41) is 2.48. The molecule has 1 aromatic heterocycles. The van der Waals surface area contributed by atoms with Gasteiger partial charge in [-0.3, -0.25) is 4.79 Å². The Morgan fingerprint density at radius 3 is 2.54 bits per heavy atom. The lowest BCUT2D eigenvalue weighted by atomic mass is 9.97. The molecule has 0 unspecified atom stereocenters. The Bertz CT molecular complexity index is 310. The van der Waals surface area contributed by atoms with E-state index >= 15 is 0 Å². The first-order valence-corrected chi connectivity index (χ1v) is 4.13. The molecule has 13 heavy (non-hydrogen) atoms. The highest BCUT2D eigenvalue weighted by molar-refractivity contribution is 5.91. The van der Waals surface area contributed by atoms with E-state index in [1.807, 2.05) is 20.8 Å². The van der Waals surface area contributed by atoms with E-state index in [0.29, 0.717) is 11.6 Å². The van der Waals surface area contributed by atoms with Gasteiger partial charge in [-0.05, 0) is 0 Å². The van der Waals surface area contributed by atoms with Crippen molar-refractivity contribution in [2.24, 2.45) is 0 Å². The molecule has 4 nitrogen and oxygen atoms in total. The molecule has 0 saturated heterocycles. The first-order valence-electron chi connectivity index (χ1n) is 4.13. The average molecular weight is 182 g/mol. The second-order valence-corrected chi connectivity index (χ2v) is 3.87. The minimum atomic E-state index is -0.223. The summed E-state index contributed by atoms with van der Waals surface area (Å²) in [5.41, 5.74) is 0.166. The number of nitrogens with one attached hydrogen (secondary N) is 1. The molecule has 0 aromatic carbocycles. The van der Waals surface area contributed by atoms with Crippen LogP contribution in [0.15, 0.2) is 10.7 Å². The molecular weight excluding hydrogens is 168 g/mol. The predicted molar refractivity (Wildman–Crippen MR) is 48.6 cm³/mol. The minimum Gasteiger partial charge on any atom is -0.448 e. The van der Waals surface area contributed by atoms with Crippen molar-refractivity contribution in [1.82, 2.24) is 10.3 Å². The van der Waals surface area contributed by atoms with E-state index in [2.05, 4.69) is 10.3 Å². The van der Waals surface area contributed by atoms with Crippen molar-refractivity contribution in [2.75, 3.05) is 7.05 Å². The molecule has 0 fully saturated rings. The minimum absolute atomic E-state index is 0.160. The lowest BCUT2D eigenvalue weighted by molar-refractivity contribution is 0.0958. The second-order valence-electron chi connectivity index (χ2n) is 3.87. The maximum atomic E-state index is 11.1. The van der Waals surface area contributed by atoms with Crippen LogP contribution in [0.1, 0.15) is 37.2 Å². The van der Waals surface area contributed by atoms with Gasteiger partial charge in [-0.1, -0.05) is 20.8 Å². The quantitative estimate of drug-likeness (QED) is 0.712. The summed E-state index contributed by atoms with van der Waals surface area (Å²) in [6.45, 7) is 5.94. The summed E-state index contributed by atoms with van der Waals surface area (Å²) < 4.78 is 5.18. The summed E-state index contributed by atoms with van der Waals surface area (Å²) in [6.07, 6.45) is 1.37. The fraction of sp³-hybridized carbons (Fsp3) is 0.556. The Balaban J connectivity index is 2.93. The lowest BCUT2D eigenvalue weighted by Crippen LogP contribution is -2.19. The second kappa shape index (κ2) is 3.20. The molecule has 0 saturated carbocycles. The molecule has 0 spiro atoms. The Morgan fingerprint density at radius 2 is 2.15 bits per heavy atom. The van der Waals surface area contributed by atoms with Crippen molar-refractivity contribution in [3.63, 3.8) is 0 Å². The van der Waals surface area contributed by atoms with Gasteiger partial charge < -0.3 is 9.73 Å². The van der Waals surface area contributed by atoms with E-state index in [1.165, 1.54) is 6.26 Å². The summed E-state index contributed by atoms with van der Waals surface area (Å²) >= 11 is 0. The SMILES string of the molecule is CNC(=O)c1coc(C(C)(C)C)n1. The van der Waals surface area contributed by atoms with Gasteiger partial charge in [-0.2, -0.15) is 0 Å². The van der Waals surface area contributed by atoms with Crippen molar-refractivity contribution >= 4 is 5.91 Å². The molecule has 0 aliphatic heterocycles. The maximum absolute atomic E-state index is 11.1. The molecule has 0 aliphatic rings. The number of oxazole rings is 1. The number of hydrogen-bond donors (Lipinski definition) is 1. The molecule has 1 N–H and O–H groups in total. The largest absolute Gasteiger partial charge is 0.448 e. The van der Waals surface area contributed by atoms with Crippen LogP contribution in [0.3, 0.4) is 0 Å². The molecule has 1 aromatic rings. The molecule has 0 aliphatic carbocycles. The van der Waals surface area contributed by atoms with Gasteiger partial charge in [0, 0.05) is 12.5 Å². The van der Waals surface area contributed by atoms with Gasteiger partial charge in [0.1, 0.15) is 6.26 Å². The lowest BCUT2D eigenvalue weighted by Gasteiger charge is -2.11. The van der Waals surface area contributed by atoms with Gasteiger partial charge in [0.05, 0.1) is 0 Å². The normalized spacial score (nSPS) is 11.4. The van der Waals surface area contributed by atoms with Gasteiger partial charge in [0.15, 0.2) is 11.6 Å². The summed E-state index contributed by atoms with van der Waals surface area (Å²) in [4.78, 5) is 15.2. The molecule has 0 bridgehead atoms. The van der Waals surface area contributed by atoms with Gasteiger partial charge in [0.25, 0.3) is 5.91 Å². The fourth-order valence-corrected chi connectivity index (χ4v) is 0.851. The third kappa shape index (κ3) is 2.08. The molecule has 72 valence electrons. The molecule has 1 amide bonds. The van der Waals surface area contributed by atoms with E-state index in [-0.39, 0.29) is 11.3 Å². The molecule has 0 atom stereocenters. The van der Waals surface area contributed by atoms with Crippen LogP contribution in [0.2, 0.25) is 0 Å². The number of rotatable bonds is 1. The van der Waals surface area contributed by atoms with Crippen molar-refractivity contribution in [2.45, 2.75) is 26.2 Å². The van der Waals surface area contributed by atoms with Gasteiger partial charge >= 0.3 is 0 Å². The zero-order valence-corrected chi connectivity index (χ0v) is 8.34. The maximum Gasteiger partial charge on any atom is 0.272 e. The molecule has 1 rings (SSSR count). The van der Waals surface area contributed by atoms with Crippen LogP contribution in [0.25, 0.3) is 0 Å². The van der Waals surface area contributed by atoms with Crippen LogP contribution in [-0.2, 0) is 5.41 Å². The van der Waals surface area contributed by atoms with E-state index < -0.39 is 0 Å². The molecule has 0 radical (unpaired) electrons. The zero-order chi connectivity index (χ0) is 10.1. The van der Waals surface area contributed by atoms with E-state index in [4.69, 9.17) is 4.42 Å². The number of carbonyl (C=O) groups is 1. The van der Waals surface area contributed by atoms with E-state index in [9.17, 15) is 4.79 Å². The van der Waals surface area contributed by atoms with Crippen molar-refractivity contribution < 1.29 is 9.21 Å². The van der Waals surface area contributed by atoms with Gasteiger partial charge in [-0.15, -0.1) is 0 Å². The first kappa shape index (κ1) is 9.77. The summed E-state index contributed by atoms with van der Waals surface area (Å²) in [5.74, 6) is 0.352. The number of nitrogens with zero attached hydrogens (tertiary/aromatic N) is 1. The first-order chi connectivity index (χ1) is 5.95. The Kier molecular flexibility index (Phi) is 2.40. The predicted octanol–water partition coefficient (Wildman–Crippen LogP) is 1.33. The third-order valence-corrected chi connectivity index (χ3v) is 1.61. The Morgan fingerprint density at radius 1 is 1.54 bits per heavy atom. The Labute approximate surface area is 77.3 Å². The van der Waals surface area contributed by atoms with Gasteiger partial charge in [0.2, 0.25) is 0 Å². The number of amides is 1. The fourth-order valence-electron chi connectivity index (χ4n) is 0.851. The number of carbonyl (C=O) groups excluding carboxylic acids is 1. The third-order valence-electron chi connectivity index (χ3n) is 1.61. The number of hydrogen-bond acceptors (Lipinski definition) is 3. The van der Waals surface area contributed by atoms with Gasteiger partial charge in [-0.25, -0.2) is 4.98 Å². The summed E-state index contributed by atoms with van der Waals surface area (Å²) in [7, 11) is 1.56. The summed E-state index contributed by atoms with van der Waals surface area (Å²) in [6, 6.07) is 0. The van der Waals surface area contributed by atoms with Crippen LogP contribution >= 0.6 is 0 Å². The van der Waals surface area contributed by atoms with Crippen LogP contribution in [0, 0.1) is 0 Å². The Hall–Kier alpha value is -1.32. The topological polar surface area (TPSA) is 55.1 Å². The monoisotopic (exact) mass is 182 g/mol. The standard InChI is InChI=1S/C9H14N2O2/c1-9(2,3)8-11-6(5-13-8)7(12)10-4/h5H,1-4H3,(H,10,12). The van der Waals surface area contributed by atoms with Crippen molar-refractivity contribution in [1.29, 1.82) is 0 Å². The smallest absolute Gasteiger partial charge is 0.272 e. The molecular formula is C9H14N2O2. The highest BCUT2D eigenvalue weighted by atomic mass is 16.3. The molecule has 1 heterocycles. The van der Waals surface area contributed by atoms with Crippen molar-refractivity contribution in [3.8, 4) is 0 Å². The molecule has 4 heteroatoms. The number of aromatic nitrogens is 1. The highest BCUT2D eigenvalue weighted by Gasteiger charge is 2.21. The highest BCUT2D eigenvalue weighted by Crippen LogP contribution is 2.20. The van der Waals surface area contributed by atoms with Crippen molar-refractivity contribution in [3.05, 3.63) is 17.8 Å². The van der Waals surface area contributed by atoms with Crippen LogP contribution in [-0.4, -0.2) is 17.9 Å². The van der Waals surface area contributed by atoms with Crippen LogP contribution in [0.4, 0.5) is 0 Å².